The second kappa shape index (κ2) is 5.89. The molecule has 106 valence electrons. The molecule has 0 amide bonds. The highest BCUT2D eigenvalue weighted by Crippen LogP contribution is 2.47. The van der Waals surface area contributed by atoms with Crippen LogP contribution in [-0.2, 0) is 14.3 Å². The smallest absolute Gasteiger partial charge is 0.333 e. The fraction of sp³-hybridized carbons (Fsp3) is 0.750. The van der Waals surface area contributed by atoms with Crippen molar-refractivity contribution in [1.29, 1.82) is 0 Å². The van der Waals surface area contributed by atoms with Gasteiger partial charge in [0.15, 0.2) is 0 Å². The van der Waals surface area contributed by atoms with Crippen LogP contribution in [0.5, 0.6) is 0 Å². The van der Waals surface area contributed by atoms with Crippen molar-refractivity contribution in [2.45, 2.75) is 46.5 Å². The molecule has 3 nitrogen and oxygen atoms in total. The van der Waals surface area contributed by atoms with Crippen LogP contribution in [0.3, 0.4) is 0 Å². The topological polar surface area (TPSA) is 43.4 Å². The van der Waals surface area contributed by atoms with Crippen molar-refractivity contribution in [3.63, 3.8) is 0 Å². The molecule has 2 fully saturated rings. The van der Waals surface area contributed by atoms with Crippen molar-refractivity contribution in [1.82, 2.24) is 0 Å². The number of ether oxygens (including phenoxy) is 1. The second-order valence-electron chi connectivity index (χ2n) is 5.98. The van der Waals surface area contributed by atoms with Crippen LogP contribution in [0.4, 0.5) is 0 Å². The predicted molar refractivity (Wildman–Crippen MR) is 73.5 cm³/mol. The summed E-state index contributed by atoms with van der Waals surface area (Å²) in [5.41, 5.74) is 0.653. The van der Waals surface area contributed by atoms with Gasteiger partial charge in [-0.15, -0.1) is 0 Å². The zero-order valence-corrected chi connectivity index (χ0v) is 12.1. The molecule has 2 aliphatic carbocycles. The molecule has 0 aromatic rings. The van der Waals surface area contributed by atoms with Crippen molar-refractivity contribution in [3.05, 3.63) is 11.6 Å². The molecule has 0 unspecified atom stereocenters. The van der Waals surface area contributed by atoms with Crippen molar-refractivity contribution >= 4 is 11.8 Å². The Morgan fingerprint density at radius 3 is 2.79 bits per heavy atom. The van der Waals surface area contributed by atoms with Crippen LogP contribution in [0.1, 0.15) is 46.5 Å². The number of allylic oxidation sites excluding steroid dienone is 1. The Morgan fingerprint density at radius 1 is 1.37 bits per heavy atom. The maximum absolute atomic E-state index is 12.1. The van der Waals surface area contributed by atoms with Crippen molar-refractivity contribution in [2.24, 2.45) is 23.7 Å². The Bertz CT molecular complexity index is 397. The maximum Gasteiger partial charge on any atom is 0.333 e. The van der Waals surface area contributed by atoms with Gasteiger partial charge < -0.3 is 4.74 Å². The average molecular weight is 264 g/mol. The number of carbonyl (C=O) groups excluding carboxylic acids is 2. The van der Waals surface area contributed by atoms with E-state index >= 15 is 0 Å². The van der Waals surface area contributed by atoms with Crippen molar-refractivity contribution in [2.75, 3.05) is 6.61 Å². The first-order valence-electron chi connectivity index (χ1n) is 7.42. The van der Waals surface area contributed by atoms with Gasteiger partial charge in [0.1, 0.15) is 5.78 Å². The first kappa shape index (κ1) is 14.3. The SMILES string of the molecule is CCOC(=O)/C(C)=C/[C@@H]1CC[C@@H](C)[C@H]2CCC(=O)[C@H]21. The highest BCUT2D eigenvalue weighted by molar-refractivity contribution is 5.88. The Hall–Kier alpha value is -1.12. The molecule has 0 bridgehead atoms. The van der Waals surface area contributed by atoms with Gasteiger partial charge in [-0.3, -0.25) is 4.79 Å². The molecule has 4 atom stereocenters. The summed E-state index contributed by atoms with van der Waals surface area (Å²) in [5, 5.41) is 0. The number of hydrogen-bond acceptors (Lipinski definition) is 3. The fourth-order valence-corrected chi connectivity index (χ4v) is 3.76. The summed E-state index contributed by atoms with van der Waals surface area (Å²) in [7, 11) is 0. The predicted octanol–water partition coefficient (Wildman–Crippen LogP) is 3.14. The number of fused-ring (bicyclic) bond motifs is 1. The van der Waals surface area contributed by atoms with E-state index in [1.54, 1.807) is 6.92 Å². The first-order valence-corrected chi connectivity index (χ1v) is 7.42. The van der Waals surface area contributed by atoms with Gasteiger partial charge in [-0.2, -0.15) is 0 Å². The third-order valence-corrected chi connectivity index (χ3v) is 4.77. The monoisotopic (exact) mass is 264 g/mol. The molecule has 0 radical (unpaired) electrons. The molecule has 0 aromatic carbocycles. The lowest BCUT2D eigenvalue weighted by Crippen LogP contribution is -2.32. The summed E-state index contributed by atoms with van der Waals surface area (Å²) < 4.78 is 5.01. The lowest BCUT2D eigenvalue weighted by atomic mass is 9.68. The van der Waals surface area contributed by atoms with E-state index in [9.17, 15) is 9.59 Å². The molecule has 0 N–H and O–H groups in total. The molecule has 0 saturated heterocycles. The van der Waals surface area contributed by atoms with Gasteiger partial charge in [0, 0.05) is 17.9 Å². The third kappa shape index (κ3) is 2.90. The zero-order valence-electron chi connectivity index (χ0n) is 12.1. The Labute approximate surface area is 115 Å². The number of rotatable bonds is 3. The van der Waals surface area contributed by atoms with Crippen LogP contribution < -0.4 is 0 Å². The normalized spacial score (nSPS) is 35.1. The molecule has 2 aliphatic rings. The standard InChI is InChI=1S/C16H24O3/c1-4-19-16(18)11(3)9-12-6-5-10(2)13-7-8-14(17)15(12)13/h9-10,12-13,15H,4-8H2,1-3H3/b11-9+/t10-,12+,13-,15+/m1/s1. The largest absolute Gasteiger partial charge is 0.463 e. The van der Waals surface area contributed by atoms with Gasteiger partial charge in [-0.25, -0.2) is 4.79 Å². The molecule has 3 heteroatoms. The van der Waals surface area contributed by atoms with E-state index in [-0.39, 0.29) is 17.8 Å². The molecule has 0 spiro atoms. The summed E-state index contributed by atoms with van der Waals surface area (Å²) in [6, 6.07) is 0. The maximum atomic E-state index is 12.1. The van der Waals surface area contributed by atoms with Gasteiger partial charge in [-0.05, 0) is 50.9 Å². The number of esters is 1. The summed E-state index contributed by atoms with van der Waals surface area (Å²) in [6.07, 6.45) is 5.93. The minimum absolute atomic E-state index is 0.146. The number of hydrogen-bond donors (Lipinski definition) is 0. The van der Waals surface area contributed by atoms with E-state index in [4.69, 9.17) is 4.74 Å². The lowest BCUT2D eigenvalue weighted by molar-refractivity contribution is -0.138. The van der Waals surface area contributed by atoms with Gasteiger partial charge in [0.25, 0.3) is 0 Å². The molecular formula is C16H24O3. The highest BCUT2D eigenvalue weighted by atomic mass is 16.5. The van der Waals surface area contributed by atoms with Crippen LogP contribution in [0.25, 0.3) is 0 Å². The Kier molecular flexibility index (Phi) is 4.43. The minimum atomic E-state index is -0.247. The van der Waals surface area contributed by atoms with Crippen LogP contribution in [0.15, 0.2) is 11.6 Å². The van der Waals surface area contributed by atoms with E-state index in [0.29, 0.717) is 29.8 Å². The van der Waals surface area contributed by atoms with E-state index in [1.165, 1.54) is 0 Å². The molecule has 2 rings (SSSR count). The van der Waals surface area contributed by atoms with Gasteiger partial charge in [-0.1, -0.05) is 13.0 Å². The number of Topliss-reactive ketones (excluding diaryl/α,β-unsaturated/α-hetero) is 1. The molecule has 0 aromatic heterocycles. The van der Waals surface area contributed by atoms with Crippen LogP contribution >= 0.6 is 0 Å². The summed E-state index contributed by atoms with van der Waals surface area (Å²) in [4.78, 5) is 23.8. The van der Waals surface area contributed by atoms with Gasteiger partial charge >= 0.3 is 5.97 Å². The summed E-state index contributed by atoms with van der Waals surface area (Å²) in [5.74, 6) is 1.70. The third-order valence-electron chi connectivity index (χ3n) is 4.77. The molecule has 0 aliphatic heterocycles. The second-order valence-corrected chi connectivity index (χ2v) is 5.98. The number of ketones is 1. The highest BCUT2D eigenvalue weighted by Gasteiger charge is 2.44. The Balaban J connectivity index is 2.13. The molecule has 2 saturated carbocycles. The van der Waals surface area contributed by atoms with E-state index < -0.39 is 0 Å². The number of carbonyl (C=O) groups is 2. The average Bonchev–Trinajstić information content (AvgIpc) is 2.76. The van der Waals surface area contributed by atoms with E-state index in [1.807, 2.05) is 13.0 Å². The Morgan fingerprint density at radius 2 is 2.11 bits per heavy atom. The van der Waals surface area contributed by atoms with Crippen LogP contribution in [-0.4, -0.2) is 18.4 Å². The van der Waals surface area contributed by atoms with E-state index in [2.05, 4.69) is 6.92 Å². The summed E-state index contributed by atoms with van der Waals surface area (Å²) >= 11 is 0. The van der Waals surface area contributed by atoms with Crippen molar-refractivity contribution < 1.29 is 14.3 Å². The summed E-state index contributed by atoms with van der Waals surface area (Å²) in [6.45, 7) is 6.26. The van der Waals surface area contributed by atoms with E-state index in [0.717, 1.165) is 25.7 Å². The molecule has 19 heavy (non-hydrogen) atoms. The first-order chi connectivity index (χ1) is 9.04. The van der Waals surface area contributed by atoms with Gasteiger partial charge in [0.2, 0.25) is 0 Å². The van der Waals surface area contributed by atoms with Crippen LogP contribution in [0, 0.1) is 23.7 Å². The molecular weight excluding hydrogens is 240 g/mol. The van der Waals surface area contributed by atoms with Crippen LogP contribution in [0.2, 0.25) is 0 Å². The minimum Gasteiger partial charge on any atom is -0.463 e. The quantitative estimate of drug-likeness (QED) is 0.581. The lowest BCUT2D eigenvalue weighted by Gasteiger charge is -2.36. The van der Waals surface area contributed by atoms with Crippen molar-refractivity contribution in [3.8, 4) is 0 Å². The fourth-order valence-electron chi connectivity index (χ4n) is 3.76. The zero-order chi connectivity index (χ0) is 14.0. The van der Waals surface area contributed by atoms with Gasteiger partial charge in [0.05, 0.1) is 6.61 Å². The molecule has 0 heterocycles.